The van der Waals surface area contributed by atoms with Gasteiger partial charge >= 0.3 is 35.8 Å². The molecule has 2 aromatic carbocycles. The number of benzene rings is 2. The van der Waals surface area contributed by atoms with Crippen molar-refractivity contribution in [3.05, 3.63) is 84.4 Å². The Labute approximate surface area is 648 Å². The van der Waals surface area contributed by atoms with Gasteiger partial charge in [0.05, 0.1) is 32.5 Å². The second kappa shape index (κ2) is 40.3. The molecular formula is C94H158O12. The lowest BCUT2D eigenvalue weighted by atomic mass is 9.68. The van der Waals surface area contributed by atoms with Crippen LogP contribution in [0.4, 0.5) is 0 Å². The second-order valence-corrected chi connectivity index (χ2v) is 38.8. The Bertz CT molecular complexity index is 2980. The molecule has 6 aliphatic carbocycles. The van der Waals surface area contributed by atoms with Gasteiger partial charge in [-0.15, -0.1) is 0 Å². The third-order valence-corrected chi connectivity index (χ3v) is 26.4. The third kappa shape index (κ3) is 26.1. The van der Waals surface area contributed by atoms with E-state index in [9.17, 15) is 28.8 Å². The molecule has 0 unspecified atom stereocenters. The zero-order chi connectivity index (χ0) is 80.6. The van der Waals surface area contributed by atoms with Gasteiger partial charge in [-0.05, 0) is 299 Å². The molecule has 0 heterocycles. The van der Waals surface area contributed by atoms with E-state index in [4.69, 9.17) is 28.4 Å². The van der Waals surface area contributed by atoms with Gasteiger partial charge in [0.25, 0.3) is 0 Å². The van der Waals surface area contributed by atoms with E-state index in [0.717, 1.165) is 165 Å². The molecule has 6 saturated carbocycles. The van der Waals surface area contributed by atoms with E-state index in [0.29, 0.717) is 5.92 Å². The summed E-state index contributed by atoms with van der Waals surface area (Å²) >= 11 is 0. The van der Waals surface area contributed by atoms with E-state index in [2.05, 4.69) is 86.2 Å². The maximum Gasteiger partial charge on any atom is 0.312 e. The number of rotatable bonds is 22. The third-order valence-electron chi connectivity index (χ3n) is 26.4. The molecule has 0 saturated heterocycles. The SMILES string of the molecule is C=CC1(OC(=O)C(C)(C)CC)CCCCC1.CCC(C)(C)C(=O)OC1(C(C)(C)C)CCCC1.CCC(C)(C)C(=O)OC1(C(C)(C)C)CCCCC1.CCC(C)(C)C(=O)OC1(C(C)C)CCCC1.CCC(C)(C)C(=O)OC1(c2ccccc2)CCCC1.CCC(C)(C)C(=O)OC1(c2ccccc2)CCCCC1. The number of hydrogen-bond donors (Lipinski definition) is 0. The van der Waals surface area contributed by atoms with Crippen molar-refractivity contribution in [2.24, 2.45) is 49.2 Å². The highest BCUT2D eigenvalue weighted by atomic mass is 16.6. The van der Waals surface area contributed by atoms with Crippen LogP contribution in [-0.4, -0.2) is 58.2 Å². The van der Waals surface area contributed by atoms with Crippen molar-refractivity contribution in [2.75, 3.05) is 0 Å². The molecule has 0 aromatic heterocycles. The number of esters is 6. The highest BCUT2D eigenvalue weighted by Gasteiger charge is 2.51. The molecule has 606 valence electrons. The lowest BCUT2D eigenvalue weighted by molar-refractivity contribution is -0.190. The van der Waals surface area contributed by atoms with Gasteiger partial charge in [-0.2, -0.15) is 0 Å². The summed E-state index contributed by atoms with van der Waals surface area (Å²) in [5.74, 6) is 0.124. The van der Waals surface area contributed by atoms with Crippen LogP contribution in [0.2, 0.25) is 0 Å². The van der Waals surface area contributed by atoms with Gasteiger partial charge in [0, 0.05) is 10.8 Å². The van der Waals surface area contributed by atoms with Crippen molar-refractivity contribution in [1.82, 2.24) is 0 Å². The predicted molar refractivity (Wildman–Crippen MR) is 437 cm³/mol. The van der Waals surface area contributed by atoms with Crippen LogP contribution >= 0.6 is 0 Å². The minimum atomic E-state index is -0.404. The molecule has 106 heavy (non-hydrogen) atoms. The second-order valence-electron chi connectivity index (χ2n) is 38.8. The van der Waals surface area contributed by atoms with E-state index in [1.165, 1.54) is 57.8 Å². The average Bonchev–Trinajstić information content (AvgIpc) is 1.04. The minimum Gasteiger partial charge on any atom is -0.458 e. The van der Waals surface area contributed by atoms with Crippen molar-refractivity contribution in [1.29, 1.82) is 0 Å². The van der Waals surface area contributed by atoms with E-state index >= 15 is 0 Å². The van der Waals surface area contributed by atoms with Crippen LogP contribution in [0, 0.1) is 49.2 Å². The van der Waals surface area contributed by atoms with Gasteiger partial charge in [0.2, 0.25) is 0 Å². The van der Waals surface area contributed by atoms with E-state index < -0.39 is 16.4 Å². The largest absolute Gasteiger partial charge is 0.458 e. The summed E-state index contributed by atoms with van der Waals surface area (Å²) in [7, 11) is 0. The molecule has 0 amide bonds. The molecule has 8 rings (SSSR count). The Balaban J connectivity index is 0.000000331. The molecule has 6 fully saturated rings. The lowest BCUT2D eigenvalue weighted by Gasteiger charge is -2.47. The molecule has 0 atom stereocenters. The van der Waals surface area contributed by atoms with Gasteiger partial charge in [-0.3, -0.25) is 28.8 Å². The normalized spacial score (nSPS) is 19.6. The molecule has 0 radical (unpaired) electrons. The van der Waals surface area contributed by atoms with Gasteiger partial charge in [-0.1, -0.05) is 183 Å². The van der Waals surface area contributed by atoms with Crippen molar-refractivity contribution in [2.45, 2.75) is 426 Å². The van der Waals surface area contributed by atoms with Crippen LogP contribution in [0.25, 0.3) is 0 Å². The Morgan fingerprint density at radius 1 is 0.321 bits per heavy atom. The summed E-state index contributed by atoms with van der Waals surface area (Å²) in [5.41, 5.74) is -1.74. The summed E-state index contributed by atoms with van der Waals surface area (Å²) in [6, 6.07) is 20.5. The molecule has 0 aliphatic heterocycles. The molecule has 6 aliphatic rings. The standard InChI is InChI=1S/C18H26O2.C17H24O2.C16H30O2.C15H28O2.C14H26O2.C14H24O2/c1-4-17(2,3)16(19)20-18(13-9-6-10-14-18)15-11-7-5-8-12-15;1-4-16(2,3)15(18)19-17(12-8-9-13-17)14-10-6-5-7-11-14;1-7-15(5,6)13(17)18-16(14(2,3)4)11-9-8-10-12-16;1-7-14(5,6)12(16)17-15(13(2,3)4)10-8-9-11-15;1-6-13(4,5)12(15)16-14(11(2)3)9-7-8-10-14;1-5-13(3,4)12(15)16-14(6-2)10-8-7-9-11-14/h5,7-8,11-12H,4,6,9-10,13-14H2,1-3H3;5-7,10-11H,4,8-9,12-13H2,1-3H3;7-12H2,1-6H3;7-11H2,1-6H3;11H,6-10H2,1-5H3;6H,2,5,7-11H2,1,3-4H3. The van der Waals surface area contributed by atoms with Crippen molar-refractivity contribution in [3.63, 3.8) is 0 Å². The van der Waals surface area contributed by atoms with E-state index in [-0.39, 0.29) is 96.3 Å². The summed E-state index contributed by atoms with van der Waals surface area (Å²) in [6.45, 7) is 57.1. The average molecular weight is 1480 g/mol. The molecule has 0 bridgehead atoms. The summed E-state index contributed by atoms with van der Waals surface area (Å²) < 4.78 is 35.7. The van der Waals surface area contributed by atoms with Crippen LogP contribution in [0.15, 0.2) is 73.3 Å². The van der Waals surface area contributed by atoms with Crippen LogP contribution in [0.1, 0.15) is 403 Å². The van der Waals surface area contributed by atoms with Gasteiger partial charge < -0.3 is 28.4 Å². The lowest BCUT2D eigenvalue weighted by Crippen LogP contribution is -2.50. The number of ether oxygens (including phenoxy) is 6. The number of hydrogen-bond acceptors (Lipinski definition) is 12. The maximum absolute atomic E-state index is 12.5. The van der Waals surface area contributed by atoms with Crippen LogP contribution in [-0.2, 0) is 68.4 Å². The topological polar surface area (TPSA) is 158 Å². The maximum atomic E-state index is 12.5. The Morgan fingerprint density at radius 2 is 0.547 bits per heavy atom. The summed E-state index contributed by atoms with van der Waals surface area (Å²) in [6.07, 6.45) is 36.2. The fourth-order valence-corrected chi connectivity index (χ4v) is 14.6. The number of carbonyl (C=O) groups is 6. The van der Waals surface area contributed by atoms with Crippen LogP contribution in [0.3, 0.4) is 0 Å². The Kier molecular flexibility index (Phi) is 36.2. The first-order chi connectivity index (χ1) is 49.1. The first-order valence-electron chi connectivity index (χ1n) is 42.2. The molecule has 0 N–H and O–H groups in total. The molecule has 2 aromatic rings. The van der Waals surface area contributed by atoms with Crippen molar-refractivity contribution < 1.29 is 57.2 Å². The highest BCUT2D eigenvalue weighted by Crippen LogP contribution is 2.50. The fourth-order valence-electron chi connectivity index (χ4n) is 14.6. The molecule has 12 heteroatoms. The fraction of sp³-hybridized carbons (Fsp3) is 0.787. The monoisotopic (exact) mass is 1480 g/mol. The molecular weight excluding hydrogens is 1320 g/mol. The summed E-state index contributed by atoms with van der Waals surface area (Å²) in [4.78, 5) is 73.8. The molecule has 12 nitrogen and oxygen atoms in total. The zero-order valence-corrected chi connectivity index (χ0v) is 72.9. The van der Waals surface area contributed by atoms with Crippen molar-refractivity contribution in [3.8, 4) is 0 Å². The first kappa shape index (κ1) is 95.2. The number of carbonyl (C=O) groups excluding carboxylic acids is 6. The zero-order valence-electron chi connectivity index (χ0n) is 72.9. The van der Waals surface area contributed by atoms with Crippen molar-refractivity contribution >= 4 is 35.8 Å². The quantitative estimate of drug-likeness (QED) is 0.0625. The summed E-state index contributed by atoms with van der Waals surface area (Å²) in [5, 5.41) is 0. The van der Waals surface area contributed by atoms with Crippen LogP contribution in [0.5, 0.6) is 0 Å². The van der Waals surface area contributed by atoms with E-state index in [1.54, 1.807) is 0 Å². The predicted octanol–water partition coefficient (Wildman–Crippen LogP) is 26.1. The van der Waals surface area contributed by atoms with E-state index in [1.807, 2.05) is 167 Å². The van der Waals surface area contributed by atoms with Gasteiger partial charge in [0.1, 0.15) is 33.6 Å². The highest BCUT2D eigenvalue weighted by molar-refractivity contribution is 5.79. The smallest absolute Gasteiger partial charge is 0.312 e. The van der Waals surface area contributed by atoms with Gasteiger partial charge in [-0.25, -0.2) is 0 Å². The van der Waals surface area contributed by atoms with Crippen LogP contribution < -0.4 is 0 Å². The van der Waals surface area contributed by atoms with Gasteiger partial charge in [0.15, 0.2) is 0 Å². The Morgan fingerprint density at radius 3 is 0.811 bits per heavy atom. The molecule has 0 spiro atoms. The Hall–Kier alpha value is -5.00. The first-order valence-corrected chi connectivity index (χ1v) is 42.2. The minimum absolute atomic E-state index is 0.0207.